The number of hydrogen-bond acceptors (Lipinski definition) is 6. The van der Waals surface area contributed by atoms with Crippen LogP contribution in [0.15, 0.2) is 22.7 Å². The van der Waals surface area contributed by atoms with Crippen LogP contribution in [0.2, 0.25) is 0 Å². The van der Waals surface area contributed by atoms with Crippen LogP contribution in [0.1, 0.15) is 57.0 Å². The van der Waals surface area contributed by atoms with E-state index in [-0.39, 0.29) is 23.2 Å². The first-order valence-corrected chi connectivity index (χ1v) is 11.1. The molecule has 5 nitrogen and oxygen atoms in total. The van der Waals surface area contributed by atoms with Crippen LogP contribution in [-0.4, -0.2) is 26.6 Å². The lowest BCUT2D eigenvalue weighted by Gasteiger charge is -2.33. The maximum Gasteiger partial charge on any atom is 0.452 e. The van der Waals surface area contributed by atoms with Gasteiger partial charge in [0.1, 0.15) is 0 Å². The Bertz CT molecular complexity index is 822. The van der Waals surface area contributed by atoms with Crippen molar-refractivity contribution < 1.29 is 18.3 Å². The van der Waals surface area contributed by atoms with Gasteiger partial charge in [-0.15, -0.1) is 0 Å². The highest BCUT2D eigenvalue weighted by molar-refractivity contribution is 9.10. The van der Waals surface area contributed by atoms with Gasteiger partial charge in [-0.1, -0.05) is 35.8 Å². The second-order valence-corrected chi connectivity index (χ2v) is 9.34. The summed E-state index contributed by atoms with van der Waals surface area (Å²) in [7, 11) is 0. The molecule has 1 aliphatic rings. The first kappa shape index (κ1) is 22.5. The number of hydrogen-bond donors (Lipinski definition) is 3. The summed E-state index contributed by atoms with van der Waals surface area (Å²) < 4.78 is 42.7. The molecule has 29 heavy (non-hydrogen) atoms. The van der Waals surface area contributed by atoms with Crippen LogP contribution in [0.5, 0.6) is 0 Å². The molecular formula is C19H24BrF3N4OS. The minimum atomic E-state index is -4.57. The molecule has 3 rings (SSSR count). The van der Waals surface area contributed by atoms with Crippen molar-refractivity contribution in [2.45, 2.75) is 63.9 Å². The van der Waals surface area contributed by atoms with Crippen LogP contribution < -0.4 is 10.6 Å². The number of nitrogens with one attached hydrogen (secondary N) is 2. The molecule has 0 radical (unpaired) electrons. The van der Waals surface area contributed by atoms with Gasteiger partial charge < -0.3 is 15.7 Å². The third-order valence-corrected chi connectivity index (χ3v) is 6.17. The monoisotopic (exact) mass is 492 g/mol. The van der Waals surface area contributed by atoms with Crippen LogP contribution >= 0.6 is 27.5 Å². The van der Waals surface area contributed by atoms with Gasteiger partial charge in [0.15, 0.2) is 0 Å². The van der Waals surface area contributed by atoms with E-state index in [1.165, 1.54) is 0 Å². The summed E-state index contributed by atoms with van der Waals surface area (Å²) in [5, 5.41) is 16.6. The standard InChI is InChI=1S/C19H24BrF3N4OS/c1-10(2)16(24-12-4-6-13(28)7-5-12)14-8-3-11(20)9-15(14)25-18-26-17(27-29-18)19(21,22)23/h3,8-10,12-13,16,24,28H,4-7H2,1-2H3,(H,25,26,27). The maximum absolute atomic E-state index is 12.8. The van der Waals surface area contributed by atoms with Crippen LogP contribution in [0, 0.1) is 5.92 Å². The quantitative estimate of drug-likeness (QED) is 0.485. The molecule has 1 aliphatic carbocycles. The van der Waals surface area contributed by atoms with Gasteiger partial charge in [-0.25, -0.2) is 0 Å². The Kier molecular flexibility index (Phi) is 7.19. The van der Waals surface area contributed by atoms with Crippen LogP contribution in [-0.2, 0) is 6.18 Å². The molecule has 1 fully saturated rings. The Hall–Kier alpha value is -1.23. The van der Waals surface area contributed by atoms with Crippen molar-refractivity contribution in [3.8, 4) is 0 Å². The summed E-state index contributed by atoms with van der Waals surface area (Å²) in [6, 6.07) is 6.02. The fraction of sp³-hybridized carbons (Fsp3) is 0.579. The molecule has 1 aromatic carbocycles. The lowest BCUT2D eigenvalue weighted by molar-refractivity contribution is -0.144. The average Bonchev–Trinajstić information content (AvgIpc) is 3.11. The zero-order valence-corrected chi connectivity index (χ0v) is 18.5. The van der Waals surface area contributed by atoms with Crippen molar-refractivity contribution in [2.75, 3.05) is 5.32 Å². The zero-order valence-electron chi connectivity index (χ0n) is 16.1. The third-order valence-electron chi connectivity index (χ3n) is 5.05. The van der Waals surface area contributed by atoms with Crippen molar-refractivity contribution in [1.82, 2.24) is 14.7 Å². The zero-order chi connectivity index (χ0) is 21.2. The Morgan fingerprint density at radius 1 is 1.21 bits per heavy atom. The molecule has 0 amide bonds. The molecule has 1 atom stereocenters. The van der Waals surface area contributed by atoms with Crippen molar-refractivity contribution in [3.63, 3.8) is 0 Å². The molecule has 1 saturated carbocycles. The van der Waals surface area contributed by atoms with E-state index in [1.54, 1.807) is 0 Å². The summed E-state index contributed by atoms with van der Waals surface area (Å²) in [6.45, 7) is 4.21. The van der Waals surface area contributed by atoms with E-state index in [0.717, 1.165) is 35.7 Å². The molecule has 1 aromatic heterocycles. The minimum absolute atomic E-state index is 0.000788. The summed E-state index contributed by atoms with van der Waals surface area (Å²) in [4.78, 5) is 3.58. The second-order valence-electron chi connectivity index (χ2n) is 7.67. The first-order valence-electron chi connectivity index (χ1n) is 9.55. The third kappa shape index (κ3) is 5.90. The van der Waals surface area contributed by atoms with Gasteiger partial charge in [0.25, 0.3) is 0 Å². The topological polar surface area (TPSA) is 70.1 Å². The molecule has 1 unspecified atom stereocenters. The smallest absolute Gasteiger partial charge is 0.393 e. The SMILES string of the molecule is CC(C)C(NC1CCC(O)CC1)c1ccc(Br)cc1Nc1nc(C(F)(F)F)ns1. The number of alkyl halides is 3. The van der Waals surface area contributed by atoms with Crippen molar-refractivity contribution >= 4 is 38.3 Å². The number of rotatable bonds is 6. The highest BCUT2D eigenvalue weighted by Gasteiger charge is 2.36. The predicted octanol–water partition coefficient (Wildman–Crippen LogP) is 5.65. The first-order chi connectivity index (χ1) is 13.6. The number of nitrogens with zero attached hydrogens (tertiary/aromatic N) is 2. The largest absolute Gasteiger partial charge is 0.452 e. The minimum Gasteiger partial charge on any atom is -0.393 e. The Morgan fingerprint density at radius 2 is 1.90 bits per heavy atom. The number of aliphatic hydroxyl groups excluding tert-OH is 1. The number of aromatic nitrogens is 2. The Balaban J connectivity index is 1.84. The fourth-order valence-corrected chi connectivity index (χ4v) is 4.51. The van der Waals surface area contributed by atoms with Gasteiger partial charge in [-0.05, 0) is 49.3 Å². The summed E-state index contributed by atoms with van der Waals surface area (Å²) in [5.74, 6) is -0.885. The highest BCUT2D eigenvalue weighted by Crippen LogP contribution is 2.36. The fourth-order valence-electron chi connectivity index (χ4n) is 3.55. The molecule has 0 bridgehead atoms. The Labute approximate surface area is 180 Å². The summed E-state index contributed by atoms with van der Waals surface area (Å²) >= 11 is 4.12. The predicted molar refractivity (Wildman–Crippen MR) is 111 cm³/mol. The van der Waals surface area contributed by atoms with E-state index in [0.29, 0.717) is 23.3 Å². The van der Waals surface area contributed by atoms with Crippen LogP contribution in [0.4, 0.5) is 24.0 Å². The van der Waals surface area contributed by atoms with Crippen LogP contribution in [0.3, 0.4) is 0 Å². The van der Waals surface area contributed by atoms with E-state index >= 15 is 0 Å². The maximum atomic E-state index is 12.8. The van der Waals surface area contributed by atoms with Crippen molar-refractivity contribution in [2.24, 2.45) is 5.92 Å². The van der Waals surface area contributed by atoms with Gasteiger partial charge in [-0.2, -0.15) is 22.5 Å². The summed E-state index contributed by atoms with van der Waals surface area (Å²) in [6.07, 6.45) is -1.44. The van der Waals surface area contributed by atoms with E-state index < -0.39 is 12.0 Å². The van der Waals surface area contributed by atoms with Crippen molar-refractivity contribution in [1.29, 1.82) is 0 Å². The second kappa shape index (κ2) is 9.28. The summed E-state index contributed by atoms with van der Waals surface area (Å²) in [5.41, 5.74) is 1.64. The molecular weight excluding hydrogens is 469 g/mol. The number of aliphatic hydroxyl groups is 1. The molecule has 0 aliphatic heterocycles. The number of benzene rings is 1. The number of halogens is 4. The van der Waals surface area contributed by atoms with Gasteiger partial charge in [0.05, 0.1) is 6.10 Å². The van der Waals surface area contributed by atoms with Gasteiger partial charge in [0.2, 0.25) is 11.0 Å². The van der Waals surface area contributed by atoms with Gasteiger partial charge >= 0.3 is 6.18 Å². The van der Waals surface area contributed by atoms with Crippen LogP contribution in [0.25, 0.3) is 0 Å². The molecule has 10 heteroatoms. The molecule has 160 valence electrons. The molecule has 0 saturated heterocycles. The Morgan fingerprint density at radius 3 is 2.48 bits per heavy atom. The molecule has 3 N–H and O–H groups in total. The molecule has 1 heterocycles. The number of anilines is 2. The van der Waals surface area contributed by atoms with E-state index in [9.17, 15) is 18.3 Å². The lowest BCUT2D eigenvalue weighted by atomic mass is 9.89. The lowest BCUT2D eigenvalue weighted by Crippen LogP contribution is -2.39. The van der Waals surface area contributed by atoms with E-state index in [4.69, 9.17) is 0 Å². The highest BCUT2D eigenvalue weighted by atomic mass is 79.9. The van der Waals surface area contributed by atoms with Gasteiger partial charge in [-0.3, -0.25) is 0 Å². The van der Waals surface area contributed by atoms with Crippen molar-refractivity contribution in [3.05, 3.63) is 34.1 Å². The van der Waals surface area contributed by atoms with E-state index in [2.05, 4.69) is 49.8 Å². The normalized spacial score (nSPS) is 21.4. The molecule has 0 spiro atoms. The van der Waals surface area contributed by atoms with E-state index in [1.807, 2.05) is 18.2 Å². The average molecular weight is 493 g/mol. The molecule has 2 aromatic rings. The van der Waals surface area contributed by atoms with Gasteiger partial charge in [0, 0.05) is 33.8 Å².